The maximum atomic E-state index is 13.4. The highest BCUT2D eigenvalue weighted by molar-refractivity contribution is 5.97. The van der Waals surface area contributed by atoms with Crippen LogP contribution >= 0.6 is 0 Å². The van der Waals surface area contributed by atoms with E-state index in [2.05, 4.69) is 20.8 Å². The summed E-state index contributed by atoms with van der Waals surface area (Å²) in [6, 6.07) is 5.66. The summed E-state index contributed by atoms with van der Waals surface area (Å²) in [6.07, 6.45) is 1.58. The largest absolute Gasteiger partial charge is 0.478 e. The Kier molecular flexibility index (Phi) is 5.03. The van der Waals surface area contributed by atoms with Gasteiger partial charge in [0.15, 0.2) is 29.2 Å². The predicted molar refractivity (Wildman–Crippen MR) is 78.5 cm³/mol. The maximum Gasteiger partial charge on any atom is 0.292 e. The van der Waals surface area contributed by atoms with Crippen molar-refractivity contribution in [1.82, 2.24) is 20.8 Å². The molecule has 0 saturated heterocycles. The van der Waals surface area contributed by atoms with Gasteiger partial charge in [-0.3, -0.25) is 20.4 Å². The second-order valence-corrected chi connectivity index (χ2v) is 4.42. The van der Waals surface area contributed by atoms with Crippen LogP contribution in [0.15, 0.2) is 36.7 Å². The minimum Gasteiger partial charge on any atom is -0.478 e. The lowest BCUT2D eigenvalue weighted by Crippen LogP contribution is -2.47. The number of carbonyl (C=O) groups excluding carboxylic acids is 2. The highest BCUT2D eigenvalue weighted by Crippen LogP contribution is 2.16. The van der Waals surface area contributed by atoms with Crippen molar-refractivity contribution in [2.24, 2.45) is 0 Å². The molecule has 1 heterocycles. The van der Waals surface area contributed by atoms with E-state index in [-0.39, 0.29) is 17.3 Å². The number of nitrogens with two attached hydrogens (primary N) is 1. The summed E-state index contributed by atoms with van der Waals surface area (Å²) in [5.41, 5.74) is 9.63. The summed E-state index contributed by atoms with van der Waals surface area (Å²) in [5, 5.41) is 0. The van der Waals surface area contributed by atoms with Gasteiger partial charge < -0.3 is 10.5 Å². The first-order valence-corrected chi connectivity index (χ1v) is 6.57. The average Bonchev–Trinajstić information content (AvgIpc) is 2.54. The van der Waals surface area contributed by atoms with Gasteiger partial charge in [-0.1, -0.05) is 12.1 Å². The molecule has 2 rings (SSSR count). The minimum atomic E-state index is -1.04. The van der Waals surface area contributed by atoms with E-state index in [1.165, 1.54) is 37.5 Å². The molecule has 1 atom stereocenters. The molecule has 1 aromatic carbocycles. The first-order valence-electron chi connectivity index (χ1n) is 6.57. The Hall–Kier alpha value is -3.23. The van der Waals surface area contributed by atoms with Crippen LogP contribution in [-0.2, 0) is 4.79 Å². The van der Waals surface area contributed by atoms with Crippen LogP contribution in [0.1, 0.15) is 17.4 Å². The fourth-order valence-electron chi connectivity index (χ4n) is 1.59. The van der Waals surface area contributed by atoms with Crippen LogP contribution in [0, 0.1) is 5.82 Å². The van der Waals surface area contributed by atoms with Crippen molar-refractivity contribution in [2.45, 2.75) is 13.0 Å². The molecule has 0 bridgehead atoms. The number of carbonyl (C=O) groups is 2. The van der Waals surface area contributed by atoms with Crippen LogP contribution in [0.5, 0.6) is 5.75 Å². The van der Waals surface area contributed by atoms with Gasteiger partial charge in [-0.25, -0.2) is 14.4 Å². The predicted octanol–water partition coefficient (Wildman–Crippen LogP) is 0.426. The molecule has 23 heavy (non-hydrogen) atoms. The van der Waals surface area contributed by atoms with Crippen LogP contribution < -0.4 is 21.3 Å². The van der Waals surface area contributed by atoms with Crippen molar-refractivity contribution in [1.29, 1.82) is 0 Å². The number of anilines is 1. The third-order valence-corrected chi connectivity index (χ3v) is 2.75. The molecule has 0 radical (unpaired) electrons. The van der Waals surface area contributed by atoms with E-state index >= 15 is 0 Å². The van der Waals surface area contributed by atoms with Gasteiger partial charge in [0.1, 0.15) is 0 Å². The van der Waals surface area contributed by atoms with Crippen LogP contribution in [0.3, 0.4) is 0 Å². The summed E-state index contributed by atoms with van der Waals surface area (Å²) < 4.78 is 18.6. The highest BCUT2D eigenvalue weighted by Gasteiger charge is 2.18. The summed E-state index contributed by atoms with van der Waals surface area (Å²) in [7, 11) is 0. The van der Waals surface area contributed by atoms with E-state index in [1.54, 1.807) is 6.07 Å². The molecule has 4 N–H and O–H groups in total. The molecule has 0 aliphatic heterocycles. The standard InChI is InChI=1S/C14H14FN5O3/c1-8(23-10-5-3-2-4-9(10)15)13(21)19-20-14(22)11-12(16)18-7-6-17-11/h2-8H,1H3,(H2,16,18)(H,19,21)(H,20,22). The van der Waals surface area contributed by atoms with E-state index in [1.807, 2.05) is 0 Å². The second kappa shape index (κ2) is 7.16. The Morgan fingerprint density at radius 2 is 1.91 bits per heavy atom. The average molecular weight is 319 g/mol. The lowest BCUT2D eigenvalue weighted by atomic mass is 10.3. The molecule has 0 fully saturated rings. The zero-order valence-corrected chi connectivity index (χ0v) is 12.1. The molecule has 120 valence electrons. The summed E-state index contributed by atoms with van der Waals surface area (Å²) >= 11 is 0. The molecule has 0 aliphatic carbocycles. The summed E-state index contributed by atoms with van der Waals surface area (Å²) in [6.45, 7) is 1.41. The zero-order chi connectivity index (χ0) is 16.8. The van der Waals surface area contributed by atoms with E-state index in [4.69, 9.17) is 10.5 Å². The number of nitrogen functional groups attached to an aromatic ring is 1. The number of amides is 2. The van der Waals surface area contributed by atoms with Gasteiger partial charge in [0.05, 0.1) is 0 Å². The summed E-state index contributed by atoms with van der Waals surface area (Å²) in [5.74, 6) is -2.15. The number of hydrogen-bond acceptors (Lipinski definition) is 6. The highest BCUT2D eigenvalue weighted by atomic mass is 19.1. The van der Waals surface area contributed by atoms with E-state index in [0.717, 1.165) is 0 Å². The first-order chi connectivity index (χ1) is 11.0. The number of aromatic nitrogens is 2. The van der Waals surface area contributed by atoms with E-state index < -0.39 is 23.7 Å². The van der Waals surface area contributed by atoms with Crippen molar-refractivity contribution in [3.63, 3.8) is 0 Å². The number of halogens is 1. The topological polar surface area (TPSA) is 119 Å². The minimum absolute atomic E-state index is 0.0698. The quantitative estimate of drug-likeness (QED) is 0.703. The van der Waals surface area contributed by atoms with Gasteiger partial charge in [0.2, 0.25) is 0 Å². The Labute approximate surface area is 130 Å². The molecule has 2 aromatic rings. The number of ether oxygens (including phenoxy) is 1. The Balaban J connectivity index is 1.91. The first kappa shape index (κ1) is 16.1. The molecule has 9 heteroatoms. The van der Waals surface area contributed by atoms with Gasteiger partial charge in [0, 0.05) is 12.4 Å². The third-order valence-electron chi connectivity index (χ3n) is 2.75. The van der Waals surface area contributed by atoms with Gasteiger partial charge in [-0.05, 0) is 19.1 Å². The SMILES string of the molecule is CC(Oc1ccccc1F)C(=O)NNC(=O)c1nccnc1N. The van der Waals surface area contributed by atoms with Gasteiger partial charge >= 0.3 is 0 Å². The van der Waals surface area contributed by atoms with Crippen molar-refractivity contribution in [2.75, 3.05) is 5.73 Å². The van der Waals surface area contributed by atoms with Crippen LogP contribution in [0.2, 0.25) is 0 Å². The molecular formula is C14H14FN5O3. The molecule has 0 aliphatic rings. The smallest absolute Gasteiger partial charge is 0.292 e. The molecule has 0 spiro atoms. The van der Waals surface area contributed by atoms with Crippen molar-refractivity contribution < 1.29 is 18.7 Å². The monoisotopic (exact) mass is 319 g/mol. The number of nitrogens with one attached hydrogen (secondary N) is 2. The fraction of sp³-hybridized carbons (Fsp3) is 0.143. The maximum absolute atomic E-state index is 13.4. The molecular weight excluding hydrogens is 305 g/mol. The van der Waals surface area contributed by atoms with Crippen molar-refractivity contribution >= 4 is 17.6 Å². The van der Waals surface area contributed by atoms with E-state index in [9.17, 15) is 14.0 Å². The second-order valence-electron chi connectivity index (χ2n) is 4.42. The number of hydrogen-bond donors (Lipinski definition) is 3. The number of para-hydroxylation sites is 1. The van der Waals surface area contributed by atoms with Gasteiger partial charge in [0.25, 0.3) is 11.8 Å². The third kappa shape index (κ3) is 4.13. The molecule has 1 unspecified atom stereocenters. The Morgan fingerprint density at radius 3 is 2.61 bits per heavy atom. The lowest BCUT2D eigenvalue weighted by molar-refractivity contribution is -0.128. The van der Waals surface area contributed by atoms with Crippen LogP contribution in [-0.4, -0.2) is 27.9 Å². The molecule has 8 nitrogen and oxygen atoms in total. The summed E-state index contributed by atoms with van der Waals surface area (Å²) in [4.78, 5) is 31.1. The van der Waals surface area contributed by atoms with Gasteiger partial charge in [-0.15, -0.1) is 0 Å². The number of hydrazine groups is 1. The molecule has 2 amide bonds. The number of nitrogens with zero attached hydrogens (tertiary/aromatic N) is 2. The van der Waals surface area contributed by atoms with Crippen LogP contribution in [0.25, 0.3) is 0 Å². The molecule has 0 saturated carbocycles. The fourth-order valence-corrected chi connectivity index (χ4v) is 1.59. The van der Waals surface area contributed by atoms with Crippen molar-refractivity contribution in [3.05, 3.63) is 48.2 Å². The zero-order valence-electron chi connectivity index (χ0n) is 12.1. The Bertz CT molecular complexity index is 725. The normalized spacial score (nSPS) is 11.4. The molecule has 1 aromatic heterocycles. The van der Waals surface area contributed by atoms with Gasteiger partial charge in [-0.2, -0.15) is 0 Å². The van der Waals surface area contributed by atoms with E-state index in [0.29, 0.717) is 0 Å². The number of benzene rings is 1. The Morgan fingerprint density at radius 1 is 1.22 bits per heavy atom. The van der Waals surface area contributed by atoms with Crippen molar-refractivity contribution in [3.8, 4) is 5.75 Å². The lowest BCUT2D eigenvalue weighted by Gasteiger charge is -2.15. The van der Waals surface area contributed by atoms with Crippen LogP contribution in [0.4, 0.5) is 10.2 Å². The number of rotatable bonds is 4.